The molecule has 0 aromatic carbocycles. The van der Waals surface area contributed by atoms with Gasteiger partial charge in [0.2, 0.25) is 0 Å². The molecule has 2 aromatic rings. The lowest BCUT2D eigenvalue weighted by Gasteiger charge is -2.16. The summed E-state index contributed by atoms with van der Waals surface area (Å²) in [7, 11) is 1.97. The molecule has 21 heavy (non-hydrogen) atoms. The Morgan fingerprint density at radius 3 is 2.71 bits per heavy atom. The molecular formula is C15H20BrN5. The van der Waals surface area contributed by atoms with Gasteiger partial charge in [-0.2, -0.15) is 0 Å². The third kappa shape index (κ3) is 2.81. The van der Waals surface area contributed by atoms with E-state index >= 15 is 0 Å². The Hall–Kier alpha value is -1.43. The summed E-state index contributed by atoms with van der Waals surface area (Å²) in [4.78, 5) is 13.7. The zero-order valence-corrected chi connectivity index (χ0v) is 14.0. The lowest BCUT2D eigenvalue weighted by atomic mass is 10.0. The van der Waals surface area contributed by atoms with E-state index in [1.807, 2.05) is 17.8 Å². The smallest absolute Gasteiger partial charge is 0.180 e. The van der Waals surface area contributed by atoms with Crippen LogP contribution < -0.4 is 5.32 Å². The van der Waals surface area contributed by atoms with E-state index in [2.05, 4.69) is 38.1 Å². The number of rotatable bonds is 4. The maximum Gasteiger partial charge on any atom is 0.180 e. The second kappa shape index (κ2) is 6.13. The summed E-state index contributed by atoms with van der Waals surface area (Å²) in [5.74, 6) is 2.16. The molecule has 0 spiro atoms. The summed E-state index contributed by atoms with van der Waals surface area (Å²) in [5.41, 5.74) is 2.08. The summed E-state index contributed by atoms with van der Waals surface area (Å²) in [6, 6.07) is 0. The molecule has 6 heteroatoms. The van der Waals surface area contributed by atoms with Crippen LogP contribution in [-0.4, -0.2) is 26.1 Å². The number of anilines is 1. The number of aryl methyl sites for hydroxylation is 1. The van der Waals surface area contributed by atoms with E-state index in [0.717, 1.165) is 34.0 Å². The second-order valence-corrected chi connectivity index (χ2v) is 6.29. The number of hydrogen-bond donors (Lipinski definition) is 1. The molecule has 3 rings (SSSR count). The maximum absolute atomic E-state index is 4.84. The predicted octanol–water partition coefficient (Wildman–Crippen LogP) is 3.73. The van der Waals surface area contributed by atoms with Crippen LogP contribution in [0.1, 0.15) is 44.2 Å². The fourth-order valence-electron chi connectivity index (χ4n) is 2.91. The Kier molecular flexibility index (Phi) is 4.24. The van der Waals surface area contributed by atoms with Crippen LogP contribution >= 0.6 is 15.9 Å². The largest absolute Gasteiger partial charge is 0.369 e. The Bertz CT molecular complexity index is 631. The molecule has 1 saturated carbocycles. The zero-order chi connectivity index (χ0) is 14.8. The van der Waals surface area contributed by atoms with Crippen LogP contribution in [0.25, 0.3) is 11.5 Å². The summed E-state index contributed by atoms with van der Waals surface area (Å²) in [5, 5.41) is 3.33. The van der Waals surface area contributed by atoms with Gasteiger partial charge < -0.3 is 9.88 Å². The summed E-state index contributed by atoms with van der Waals surface area (Å²) >= 11 is 3.70. The van der Waals surface area contributed by atoms with Gasteiger partial charge in [-0.15, -0.1) is 0 Å². The third-order valence-electron chi connectivity index (χ3n) is 4.01. The molecule has 5 nitrogen and oxygen atoms in total. The first-order chi connectivity index (χ1) is 10.2. The molecule has 1 fully saturated rings. The van der Waals surface area contributed by atoms with Crippen LogP contribution in [0.3, 0.4) is 0 Å². The van der Waals surface area contributed by atoms with Crippen molar-refractivity contribution < 1.29 is 0 Å². The topological polar surface area (TPSA) is 55.6 Å². The molecule has 1 aliphatic carbocycles. The van der Waals surface area contributed by atoms with Crippen molar-refractivity contribution in [3.63, 3.8) is 0 Å². The monoisotopic (exact) mass is 349 g/mol. The number of nitrogens with one attached hydrogen (secondary N) is 1. The molecule has 0 saturated heterocycles. The van der Waals surface area contributed by atoms with Gasteiger partial charge >= 0.3 is 0 Å². The van der Waals surface area contributed by atoms with Gasteiger partial charge in [0.25, 0.3) is 0 Å². The lowest BCUT2D eigenvalue weighted by molar-refractivity contribution is 0.690. The van der Waals surface area contributed by atoms with Crippen molar-refractivity contribution in [3.05, 3.63) is 22.7 Å². The minimum absolute atomic E-state index is 0.534. The average molecular weight is 350 g/mol. The first kappa shape index (κ1) is 14.5. The average Bonchev–Trinajstić information content (AvgIpc) is 3.13. The first-order valence-corrected chi connectivity index (χ1v) is 8.28. The lowest BCUT2D eigenvalue weighted by Crippen LogP contribution is -2.09. The van der Waals surface area contributed by atoms with Gasteiger partial charge in [0, 0.05) is 19.5 Å². The van der Waals surface area contributed by atoms with Crippen LogP contribution in [0.5, 0.6) is 0 Å². The fourth-order valence-corrected chi connectivity index (χ4v) is 3.55. The summed E-state index contributed by atoms with van der Waals surface area (Å²) in [6.45, 7) is 2.91. The Labute approximate surface area is 133 Å². The summed E-state index contributed by atoms with van der Waals surface area (Å²) in [6.07, 6.45) is 8.61. The molecule has 2 aromatic heterocycles. The molecule has 1 aliphatic rings. The molecule has 0 unspecified atom stereocenters. The molecule has 112 valence electrons. The SMILES string of the molecule is CCNc1nc(-c2cncn2C)nc(C2CCCC2)c1Br. The van der Waals surface area contributed by atoms with Crippen molar-refractivity contribution in [2.24, 2.45) is 7.05 Å². The number of imidazole rings is 1. The summed E-state index contributed by atoms with van der Waals surface area (Å²) < 4.78 is 2.97. The Morgan fingerprint density at radius 1 is 1.33 bits per heavy atom. The number of aromatic nitrogens is 4. The second-order valence-electron chi connectivity index (χ2n) is 5.50. The highest BCUT2D eigenvalue weighted by Gasteiger charge is 2.24. The highest BCUT2D eigenvalue weighted by atomic mass is 79.9. The van der Waals surface area contributed by atoms with E-state index in [1.54, 1.807) is 6.33 Å². The highest BCUT2D eigenvalue weighted by Crippen LogP contribution is 2.39. The van der Waals surface area contributed by atoms with E-state index in [4.69, 9.17) is 4.98 Å². The van der Waals surface area contributed by atoms with Crippen LogP contribution in [-0.2, 0) is 7.05 Å². The number of nitrogens with zero attached hydrogens (tertiary/aromatic N) is 4. The van der Waals surface area contributed by atoms with E-state index < -0.39 is 0 Å². The molecule has 0 aliphatic heterocycles. The molecule has 2 heterocycles. The van der Waals surface area contributed by atoms with Crippen molar-refractivity contribution in [2.45, 2.75) is 38.5 Å². The van der Waals surface area contributed by atoms with Crippen molar-refractivity contribution in [1.29, 1.82) is 0 Å². The minimum Gasteiger partial charge on any atom is -0.369 e. The number of halogens is 1. The Morgan fingerprint density at radius 2 is 2.10 bits per heavy atom. The maximum atomic E-state index is 4.84. The molecule has 0 bridgehead atoms. The minimum atomic E-state index is 0.534. The third-order valence-corrected chi connectivity index (χ3v) is 4.79. The molecule has 0 amide bonds. The molecular weight excluding hydrogens is 330 g/mol. The Balaban J connectivity index is 2.10. The van der Waals surface area contributed by atoms with Gasteiger partial charge in [-0.1, -0.05) is 12.8 Å². The molecule has 0 radical (unpaired) electrons. The van der Waals surface area contributed by atoms with Gasteiger partial charge in [-0.25, -0.2) is 15.0 Å². The van der Waals surface area contributed by atoms with Crippen LogP contribution in [0.4, 0.5) is 5.82 Å². The number of hydrogen-bond acceptors (Lipinski definition) is 4. The van der Waals surface area contributed by atoms with E-state index in [1.165, 1.54) is 25.7 Å². The van der Waals surface area contributed by atoms with Crippen LogP contribution in [0.2, 0.25) is 0 Å². The van der Waals surface area contributed by atoms with Crippen molar-refractivity contribution in [3.8, 4) is 11.5 Å². The zero-order valence-electron chi connectivity index (χ0n) is 12.4. The standard InChI is InChI=1S/C15H20BrN5/c1-3-18-15-12(16)13(10-6-4-5-7-10)19-14(20-15)11-8-17-9-21(11)2/h8-10H,3-7H2,1-2H3,(H,18,19,20). The van der Waals surface area contributed by atoms with Gasteiger partial charge in [-0.3, -0.25) is 0 Å². The van der Waals surface area contributed by atoms with Crippen LogP contribution in [0.15, 0.2) is 17.0 Å². The van der Waals surface area contributed by atoms with Gasteiger partial charge in [0.05, 0.1) is 22.7 Å². The van der Waals surface area contributed by atoms with Gasteiger partial charge in [-0.05, 0) is 35.7 Å². The van der Waals surface area contributed by atoms with Gasteiger partial charge in [0.1, 0.15) is 11.5 Å². The van der Waals surface area contributed by atoms with E-state index in [0.29, 0.717) is 5.92 Å². The highest BCUT2D eigenvalue weighted by molar-refractivity contribution is 9.10. The quantitative estimate of drug-likeness (QED) is 0.913. The van der Waals surface area contributed by atoms with Crippen molar-refractivity contribution >= 4 is 21.7 Å². The van der Waals surface area contributed by atoms with Crippen molar-refractivity contribution in [1.82, 2.24) is 19.5 Å². The molecule has 1 N–H and O–H groups in total. The fraction of sp³-hybridized carbons (Fsp3) is 0.533. The van der Waals surface area contributed by atoms with Crippen LogP contribution in [0, 0.1) is 0 Å². The van der Waals surface area contributed by atoms with Gasteiger partial charge in [0.15, 0.2) is 5.82 Å². The first-order valence-electron chi connectivity index (χ1n) is 7.48. The van der Waals surface area contributed by atoms with E-state index in [-0.39, 0.29) is 0 Å². The predicted molar refractivity (Wildman–Crippen MR) is 87.3 cm³/mol. The van der Waals surface area contributed by atoms with Crippen molar-refractivity contribution in [2.75, 3.05) is 11.9 Å². The normalized spacial score (nSPS) is 15.6. The molecule has 0 atom stereocenters. The van der Waals surface area contributed by atoms with E-state index in [9.17, 15) is 0 Å².